The zero-order chi connectivity index (χ0) is 17.4. The Hall–Kier alpha value is -1.47. The summed E-state index contributed by atoms with van der Waals surface area (Å²) < 4.78 is 5.14. The Morgan fingerprint density at radius 2 is 2.04 bits per heavy atom. The van der Waals surface area contributed by atoms with Gasteiger partial charge < -0.3 is 14.5 Å². The molecule has 25 heavy (non-hydrogen) atoms. The van der Waals surface area contributed by atoms with Gasteiger partial charge in [0.05, 0.1) is 12.5 Å². The Labute approximate surface area is 148 Å². The highest BCUT2D eigenvalue weighted by Gasteiger charge is 2.46. The van der Waals surface area contributed by atoms with E-state index in [2.05, 4.69) is 15.0 Å². The number of rotatable bonds is 3. The molecular formula is C18H28N4O3. The van der Waals surface area contributed by atoms with Gasteiger partial charge in [0, 0.05) is 25.6 Å². The Bertz CT molecular complexity index is 628. The topological polar surface area (TPSA) is 82.7 Å². The molecule has 138 valence electrons. The summed E-state index contributed by atoms with van der Waals surface area (Å²) in [5.74, 6) is 0.974. The van der Waals surface area contributed by atoms with Gasteiger partial charge in [-0.3, -0.25) is 9.69 Å². The van der Waals surface area contributed by atoms with Gasteiger partial charge in [-0.05, 0) is 32.7 Å². The molecule has 7 nitrogen and oxygen atoms in total. The van der Waals surface area contributed by atoms with Crippen molar-refractivity contribution in [3.8, 4) is 0 Å². The molecule has 1 aromatic heterocycles. The molecule has 0 aromatic carbocycles. The first-order chi connectivity index (χ1) is 12.0. The first-order valence-electron chi connectivity index (χ1n) is 9.61. The fourth-order valence-corrected chi connectivity index (χ4v) is 4.67. The minimum Gasteiger partial charge on any atom is -0.378 e. The van der Waals surface area contributed by atoms with Crippen LogP contribution in [-0.4, -0.2) is 63.2 Å². The third-order valence-corrected chi connectivity index (χ3v) is 6.15. The van der Waals surface area contributed by atoms with Gasteiger partial charge in [-0.25, -0.2) is 0 Å². The number of hydrogen-bond donors (Lipinski definition) is 1. The molecule has 2 aliphatic heterocycles. The standard InChI is InChI=1S/C18H28N4O3/c1-13-19-17(25-20-13)18(24)8-10-22(12-18)16(23)14-7-9-21(11-14)15-5-3-2-4-6-15/h14-15,24H,2-12H2,1H3/t14-,18+/m1/s1. The van der Waals surface area contributed by atoms with Crippen molar-refractivity contribution in [2.45, 2.75) is 63.5 Å². The van der Waals surface area contributed by atoms with Crippen molar-refractivity contribution >= 4 is 5.91 Å². The molecule has 0 radical (unpaired) electrons. The number of β-amino-alcohol motifs (C(OH)–C–C–N with tert-alkyl or cyclic N) is 1. The van der Waals surface area contributed by atoms with Gasteiger partial charge in [0.15, 0.2) is 11.4 Å². The number of aliphatic hydroxyl groups is 1. The van der Waals surface area contributed by atoms with Crippen LogP contribution in [0.4, 0.5) is 0 Å². The highest BCUT2D eigenvalue weighted by Crippen LogP contribution is 2.34. The van der Waals surface area contributed by atoms with Crippen LogP contribution in [0, 0.1) is 12.8 Å². The van der Waals surface area contributed by atoms with Crippen molar-refractivity contribution in [1.82, 2.24) is 19.9 Å². The monoisotopic (exact) mass is 348 g/mol. The molecule has 3 aliphatic rings. The quantitative estimate of drug-likeness (QED) is 0.890. The lowest BCUT2D eigenvalue weighted by molar-refractivity contribution is -0.135. The fraction of sp³-hybridized carbons (Fsp3) is 0.833. The van der Waals surface area contributed by atoms with Gasteiger partial charge in [-0.1, -0.05) is 24.4 Å². The van der Waals surface area contributed by atoms with Crippen molar-refractivity contribution in [3.05, 3.63) is 11.7 Å². The summed E-state index contributed by atoms with van der Waals surface area (Å²) in [7, 11) is 0. The van der Waals surface area contributed by atoms with Crippen molar-refractivity contribution in [1.29, 1.82) is 0 Å². The molecule has 1 amide bonds. The predicted molar refractivity (Wildman–Crippen MR) is 90.7 cm³/mol. The fourth-order valence-electron chi connectivity index (χ4n) is 4.67. The lowest BCUT2D eigenvalue weighted by atomic mass is 9.94. The van der Waals surface area contributed by atoms with Gasteiger partial charge in [0.2, 0.25) is 5.91 Å². The second kappa shape index (κ2) is 6.68. The van der Waals surface area contributed by atoms with E-state index in [0.29, 0.717) is 24.8 Å². The van der Waals surface area contributed by atoms with E-state index >= 15 is 0 Å². The maximum absolute atomic E-state index is 12.9. The molecule has 1 aromatic rings. The van der Waals surface area contributed by atoms with Gasteiger partial charge in [-0.2, -0.15) is 4.98 Å². The number of hydrogen-bond acceptors (Lipinski definition) is 6. The van der Waals surface area contributed by atoms with E-state index in [9.17, 15) is 9.90 Å². The molecular weight excluding hydrogens is 320 g/mol. The van der Waals surface area contributed by atoms with E-state index in [-0.39, 0.29) is 24.3 Å². The molecule has 0 bridgehead atoms. The second-order valence-corrected chi connectivity index (χ2v) is 7.96. The minimum atomic E-state index is -1.20. The third kappa shape index (κ3) is 3.31. The molecule has 7 heteroatoms. The van der Waals surface area contributed by atoms with Crippen LogP contribution in [0.3, 0.4) is 0 Å². The van der Waals surface area contributed by atoms with E-state index in [4.69, 9.17) is 4.52 Å². The average molecular weight is 348 g/mol. The Morgan fingerprint density at radius 3 is 2.76 bits per heavy atom. The van der Waals surface area contributed by atoms with Crippen LogP contribution in [0.15, 0.2) is 4.52 Å². The number of likely N-dealkylation sites (tertiary alicyclic amines) is 2. The van der Waals surface area contributed by atoms with Crippen LogP contribution in [0.1, 0.15) is 56.7 Å². The number of nitrogens with zero attached hydrogens (tertiary/aromatic N) is 4. The van der Waals surface area contributed by atoms with Gasteiger partial charge >= 0.3 is 0 Å². The van der Waals surface area contributed by atoms with Gasteiger partial charge in [0.1, 0.15) is 0 Å². The van der Waals surface area contributed by atoms with Crippen LogP contribution in [0.5, 0.6) is 0 Å². The Balaban J connectivity index is 1.36. The van der Waals surface area contributed by atoms with E-state index < -0.39 is 5.60 Å². The summed E-state index contributed by atoms with van der Waals surface area (Å²) in [6.45, 7) is 4.44. The third-order valence-electron chi connectivity index (χ3n) is 6.15. The van der Waals surface area contributed by atoms with Gasteiger partial charge in [-0.15, -0.1) is 0 Å². The van der Waals surface area contributed by atoms with E-state index in [1.165, 1.54) is 32.1 Å². The van der Waals surface area contributed by atoms with Crippen LogP contribution >= 0.6 is 0 Å². The normalized spacial score (nSPS) is 31.8. The largest absolute Gasteiger partial charge is 0.378 e. The number of carbonyl (C=O) groups is 1. The SMILES string of the molecule is Cc1noc([C@]2(O)CCN(C(=O)[C@@H]3CCN(C4CCCCC4)C3)C2)n1. The average Bonchev–Trinajstić information content (AvgIpc) is 3.35. The van der Waals surface area contributed by atoms with Crippen molar-refractivity contribution in [3.63, 3.8) is 0 Å². The van der Waals surface area contributed by atoms with Crippen LogP contribution < -0.4 is 0 Å². The summed E-state index contributed by atoms with van der Waals surface area (Å²) in [4.78, 5) is 21.4. The first-order valence-corrected chi connectivity index (χ1v) is 9.61. The van der Waals surface area contributed by atoms with E-state index in [1.807, 2.05) is 0 Å². The number of carbonyl (C=O) groups excluding carboxylic acids is 1. The van der Waals surface area contributed by atoms with Crippen LogP contribution in [0.2, 0.25) is 0 Å². The number of aryl methyl sites for hydroxylation is 1. The first kappa shape index (κ1) is 17.0. The second-order valence-electron chi connectivity index (χ2n) is 7.96. The molecule has 2 saturated heterocycles. The molecule has 4 rings (SSSR count). The molecule has 1 N–H and O–H groups in total. The van der Waals surface area contributed by atoms with Crippen molar-refractivity contribution < 1.29 is 14.4 Å². The summed E-state index contributed by atoms with van der Waals surface area (Å²) in [5, 5.41) is 14.6. The summed E-state index contributed by atoms with van der Waals surface area (Å²) in [6.07, 6.45) is 7.95. The predicted octanol–water partition coefficient (Wildman–Crippen LogP) is 1.45. The molecule has 1 saturated carbocycles. The zero-order valence-electron chi connectivity index (χ0n) is 15.0. The Kier molecular flexibility index (Phi) is 4.54. The molecule has 0 unspecified atom stereocenters. The molecule has 3 fully saturated rings. The highest BCUT2D eigenvalue weighted by atomic mass is 16.5. The van der Waals surface area contributed by atoms with E-state index in [0.717, 1.165) is 19.5 Å². The molecule has 3 heterocycles. The molecule has 0 spiro atoms. The van der Waals surface area contributed by atoms with Crippen molar-refractivity contribution in [2.75, 3.05) is 26.2 Å². The smallest absolute Gasteiger partial charge is 0.260 e. The lowest BCUT2D eigenvalue weighted by Gasteiger charge is -2.31. The zero-order valence-corrected chi connectivity index (χ0v) is 15.0. The summed E-state index contributed by atoms with van der Waals surface area (Å²) in [5.41, 5.74) is -1.20. The van der Waals surface area contributed by atoms with Crippen molar-refractivity contribution in [2.24, 2.45) is 5.92 Å². The van der Waals surface area contributed by atoms with E-state index in [1.54, 1.807) is 11.8 Å². The summed E-state index contributed by atoms with van der Waals surface area (Å²) >= 11 is 0. The van der Waals surface area contributed by atoms with Crippen LogP contribution in [-0.2, 0) is 10.4 Å². The number of amides is 1. The molecule has 2 atom stereocenters. The molecule has 1 aliphatic carbocycles. The number of aromatic nitrogens is 2. The minimum absolute atomic E-state index is 0.0636. The van der Waals surface area contributed by atoms with Gasteiger partial charge in [0.25, 0.3) is 5.89 Å². The maximum atomic E-state index is 12.9. The Morgan fingerprint density at radius 1 is 1.24 bits per heavy atom. The van der Waals surface area contributed by atoms with Crippen LogP contribution in [0.25, 0.3) is 0 Å². The highest BCUT2D eigenvalue weighted by molar-refractivity contribution is 5.79. The summed E-state index contributed by atoms with van der Waals surface area (Å²) in [6, 6.07) is 0.670. The lowest BCUT2D eigenvalue weighted by Crippen LogP contribution is -2.40. The maximum Gasteiger partial charge on any atom is 0.260 e.